The molecule has 0 radical (unpaired) electrons. The highest BCUT2D eigenvalue weighted by Crippen LogP contribution is 2.19. The van der Waals surface area contributed by atoms with E-state index in [-0.39, 0.29) is 12.3 Å². The standard InChI is InChI=1S/C12H10F2N2O2/c13-8-2-1-3-9(14)11(8)16-12(17)10-5-4-7(6-15)18-10/h1-5H,6,15H2,(H,16,17). The van der Waals surface area contributed by atoms with Crippen LogP contribution in [0, 0.1) is 11.6 Å². The van der Waals surface area contributed by atoms with E-state index in [0.29, 0.717) is 5.76 Å². The molecule has 0 saturated carbocycles. The van der Waals surface area contributed by atoms with Gasteiger partial charge in [0.1, 0.15) is 23.1 Å². The maximum Gasteiger partial charge on any atom is 0.291 e. The minimum absolute atomic E-state index is 0.0573. The molecule has 18 heavy (non-hydrogen) atoms. The van der Waals surface area contributed by atoms with Crippen molar-refractivity contribution in [2.45, 2.75) is 6.54 Å². The summed E-state index contributed by atoms with van der Waals surface area (Å²) >= 11 is 0. The molecule has 0 aliphatic rings. The molecule has 0 fully saturated rings. The van der Waals surface area contributed by atoms with Gasteiger partial charge in [-0.15, -0.1) is 0 Å². The molecule has 3 N–H and O–H groups in total. The van der Waals surface area contributed by atoms with Gasteiger partial charge in [-0.05, 0) is 24.3 Å². The Kier molecular flexibility index (Phi) is 3.38. The fourth-order valence-electron chi connectivity index (χ4n) is 1.40. The van der Waals surface area contributed by atoms with Crippen LogP contribution in [0.2, 0.25) is 0 Å². The van der Waals surface area contributed by atoms with Gasteiger partial charge in [0.2, 0.25) is 0 Å². The molecular formula is C12H10F2N2O2. The third-order valence-corrected chi connectivity index (χ3v) is 2.29. The molecule has 0 spiro atoms. The smallest absolute Gasteiger partial charge is 0.291 e. The van der Waals surface area contributed by atoms with Crippen LogP contribution in [-0.4, -0.2) is 5.91 Å². The second-order valence-corrected chi connectivity index (χ2v) is 3.52. The van der Waals surface area contributed by atoms with Gasteiger partial charge < -0.3 is 15.5 Å². The van der Waals surface area contributed by atoms with Gasteiger partial charge in [0.05, 0.1) is 6.54 Å². The number of nitrogens with one attached hydrogen (secondary N) is 1. The van der Waals surface area contributed by atoms with Crippen molar-refractivity contribution >= 4 is 11.6 Å². The van der Waals surface area contributed by atoms with Crippen LogP contribution in [0.15, 0.2) is 34.7 Å². The Labute approximate surface area is 101 Å². The summed E-state index contributed by atoms with van der Waals surface area (Å²) in [5, 5.41) is 2.11. The van der Waals surface area contributed by atoms with Gasteiger partial charge in [-0.25, -0.2) is 8.78 Å². The topological polar surface area (TPSA) is 68.3 Å². The Morgan fingerprint density at radius 2 is 1.89 bits per heavy atom. The zero-order valence-corrected chi connectivity index (χ0v) is 9.24. The van der Waals surface area contributed by atoms with Crippen LogP contribution < -0.4 is 11.1 Å². The average Bonchev–Trinajstić information content (AvgIpc) is 2.82. The summed E-state index contributed by atoms with van der Waals surface area (Å²) in [6.07, 6.45) is 0. The number of hydrogen-bond donors (Lipinski definition) is 2. The summed E-state index contributed by atoms with van der Waals surface area (Å²) in [4.78, 5) is 11.7. The largest absolute Gasteiger partial charge is 0.455 e. The zero-order valence-electron chi connectivity index (χ0n) is 9.24. The van der Waals surface area contributed by atoms with Crippen molar-refractivity contribution in [3.63, 3.8) is 0 Å². The van der Waals surface area contributed by atoms with Gasteiger partial charge in [0, 0.05) is 0 Å². The van der Waals surface area contributed by atoms with Crippen molar-refractivity contribution in [2.24, 2.45) is 5.73 Å². The highest BCUT2D eigenvalue weighted by atomic mass is 19.1. The molecular weight excluding hydrogens is 242 g/mol. The summed E-state index contributed by atoms with van der Waals surface area (Å²) in [6.45, 7) is 0.140. The molecule has 6 heteroatoms. The number of furan rings is 1. The first-order chi connectivity index (χ1) is 8.61. The zero-order chi connectivity index (χ0) is 13.1. The number of hydrogen-bond acceptors (Lipinski definition) is 3. The minimum atomic E-state index is -0.853. The number of anilines is 1. The predicted octanol–water partition coefficient (Wildman–Crippen LogP) is 2.27. The van der Waals surface area contributed by atoms with Gasteiger partial charge in [0.25, 0.3) is 5.91 Å². The van der Waals surface area contributed by atoms with Gasteiger partial charge >= 0.3 is 0 Å². The van der Waals surface area contributed by atoms with Gasteiger partial charge in [0.15, 0.2) is 5.76 Å². The Morgan fingerprint density at radius 1 is 1.22 bits per heavy atom. The van der Waals surface area contributed by atoms with Gasteiger partial charge in [-0.1, -0.05) is 6.07 Å². The van der Waals surface area contributed by atoms with Crippen LogP contribution in [0.5, 0.6) is 0 Å². The van der Waals surface area contributed by atoms with E-state index in [0.717, 1.165) is 12.1 Å². The molecule has 0 saturated heterocycles. The molecule has 1 amide bonds. The number of halogens is 2. The van der Waals surface area contributed by atoms with Crippen LogP contribution in [0.25, 0.3) is 0 Å². The molecule has 1 heterocycles. The second-order valence-electron chi connectivity index (χ2n) is 3.52. The van der Waals surface area contributed by atoms with Crippen molar-refractivity contribution in [2.75, 3.05) is 5.32 Å². The summed E-state index contributed by atoms with van der Waals surface area (Å²) in [6, 6.07) is 6.21. The highest BCUT2D eigenvalue weighted by molar-refractivity contribution is 6.02. The van der Waals surface area contributed by atoms with Crippen molar-refractivity contribution in [1.82, 2.24) is 0 Å². The molecule has 0 aliphatic carbocycles. The molecule has 0 aliphatic heterocycles. The number of para-hydroxylation sites is 1. The van der Waals surface area contributed by atoms with E-state index in [2.05, 4.69) is 5.32 Å². The number of carbonyl (C=O) groups is 1. The minimum Gasteiger partial charge on any atom is -0.455 e. The number of benzene rings is 1. The van der Waals surface area contributed by atoms with E-state index in [9.17, 15) is 13.6 Å². The van der Waals surface area contributed by atoms with E-state index in [1.807, 2.05) is 0 Å². The molecule has 94 valence electrons. The fraction of sp³-hybridized carbons (Fsp3) is 0.0833. The van der Waals surface area contributed by atoms with Crippen LogP contribution in [0.4, 0.5) is 14.5 Å². The van der Waals surface area contributed by atoms with Crippen molar-refractivity contribution in [3.8, 4) is 0 Å². The van der Waals surface area contributed by atoms with E-state index < -0.39 is 23.2 Å². The van der Waals surface area contributed by atoms with Gasteiger partial charge in [-0.2, -0.15) is 0 Å². The normalized spacial score (nSPS) is 10.4. The second kappa shape index (κ2) is 4.97. The Bertz CT molecular complexity index is 561. The van der Waals surface area contributed by atoms with Crippen molar-refractivity contribution < 1.29 is 18.0 Å². The molecule has 2 rings (SSSR count). The maximum atomic E-state index is 13.3. The quantitative estimate of drug-likeness (QED) is 0.880. The summed E-state index contributed by atoms with van der Waals surface area (Å²) < 4.78 is 31.6. The Morgan fingerprint density at radius 3 is 2.44 bits per heavy atom. The predicted molar refractivity (Wildman–Crippen MR) is 60.9 cm³/mol. The number of carbonyl (C=O) groups excluding carboxylic acids is 1. The number of nitrogens with two attached hydrogens (primary N) is 1. The van der Waals surface area contributed by atoms with Gasteiger partial charge in [-0.3, -0.25) is 4.79 Å². The molecule has 0 atom stereocenters. The SMILES string of the molecule is NCc1ccc(C(=O)Nc2c(F)cccc2F)o1. The monoisotopic (exact) mass is 252 g/mol. The molecule has 4 nitrogen and oxygen atoms in total. The van der Waals surface area contributed by atoms with Crippen LogP contribution in [0.1, 0.15) is 16.3 Å². The summed E-state index contributed by atoms with van der Waals surface area (Å²) in [5.74, 6) is -2.09. The molecule has 0 unspecified atom stereocenters. The molecule has 1 aromatic heterocycles. The van der Waals surface area contributed by atoms with E-state index >= 15 is 0 Å². The lowest BCUT2D eigenvalue weighted by atomic mass is 10.3. The number of amides is 1. The number of rotatable bonds is 3. The first-order valence-electron chi connectivity index (χ1n) is 5.16. The lowest BCUT2D eigenvalue weighted by Crippen LogP contribution is -2.13. The Balaban J connectivity index is 2.21. The average molecular weight is 252 g/mol. The third-order valence-electron chi connectivity index (χ3n) is 2.29. The first-order valence-corrected chi connectivity index (χ1v) is 5.16. The molecule has 2 aromatic rings. The fourth-order valence-corrected chi connectivity index (χ4v) is 1.40. The van der Waals surface area contributed by atoms with Crippen molar-refractivity contribution in [3.05, 3.63) is 53.5 Å². The lowest BCUT2D eigenvalue weighted by Gasteiger charge is -2.05. The first kappa shape index (κ1) is 12.3. The van der Waals surface area contributed by atoms with E-state index in [1.165, 1.54) is 18.2 Å². The van der Waals surface area contributed by atoms with E-state index in [4.69, 9.17) is 10.2 Å². The molecule has 0 bridgehead atoms. The van der Waals surface area contributed by atoms with E-state index in [1.54, 1.807) is 0 Å². The highest BCUT2D eigenvalue weighted by Gasteiger charge is 2.15. The molecule has 1 aromatic carbocycles. The maximum absolute atomic E-state index is 13.3. The van der Waals surface area contributed by atoms with Crippen LogP contribution >= 0.6 is 0 Å². The summed E-state index contributed by atoms with van der Waals surface area (Å²) in [7, 11) is 0. The Hall–Kier alpha value is -2.21. The van der Waals surface area contributed by atoms with Crippen LogP contribution in [0.3, 0.4) is 0 Å². The summed E-state index contributed by atoms with van der Waals surface area (Å²) in [5.41, 5.74) is 4.81. The van der Waals surface area contributed by atoms with Crippen molar-refractivity contribution in [1.29, 1.82) is 0 Å². The lowest BCUT2D eigenvalue weighted by molar-refractivity contribution is 0.0994. The van der Waals surface area contributed by atoms with Crippen LogP contribution in [-0.2, 0) is 6.54 Å². The third kappa shape index (κ3) is 2.38.